The monoisotopic (exact) mass is 875 g/mol. The zero-order valence-corrected chi connectivity index (χ0v) is 34.8. The van der Waals surface area contributed by atoms with E-state index in [0.29, 0.717) is 43.9 Å². The van der Waals surface area contributed by atoms with Crippen LogP contribution in [0.2, 0.25) is 10.0 Å². The Hall–Kier alpha value is -4.06. The molecule has 2 aromatic carbocycles. The second-order valence-electron chi connectivity index (χ2n) is 12.1. The van der Waals surface area contributed by atoms with Crippen LogP contribution in [-0.4, -0.2) is 42.5 Å². The van der Waals surface area contributed by atoms with E-state index < -0.39 is 5.69 Å². The number of hydrogen-bond acceptors (Lipinski definition) is 10. The molecule has 1 radical (unpaired) electrons. The molecule has 0 saturated carbocycles. The van der Waals surface area contributed by atoms with E-state index in [1.165, 1.54) is 45.7 Å². The van der Waals surface area contributed by atoms with Gasteiger partial charge >= 0.3 is 19.1 Å². The summed E-state index contributed by atoms with van der Waals surface area (Å²) in [6, 6.07) is 14.1. The highest BCUT2D eigenvalue weighted by molar-refractivity contribution is 9.11. The minimum absolute atomic E-state index is 0.0442. The predicted molar refractivity (Wildman–Crippen MR) is 221 cm³/mol. The van der Waals surface area contributed by atoms with Gasteiger partial charge in [0.2, 0.25) is 0 Å². The number of fused-ring (bicyclic) bond motifs is 2. The number of carbonyl (C=O) groups excluding carboxylic acids is 2. The second kappa shape index (κ2) is 18.5. The van der Waals surface area contributed by atoms with Gasteiger partial charge in [-0.1, -0.05) is 35.3 Å². The number of ketones is 2. The normalized spacial score (nSPS) is 10.8. The van der Waals surface area contributed by atoms with E-state index in [2.05, 4.69) is 20.6 Å². The lowest BCUT2D eigenvalue weighted by Crippen LogP contribution is -2.39. The fraction of sp³-hybridized carbons (Fsp3) is 0.278. The Balaban J connectivity index is 0.000000197. The summed E-state index contributed by atoms with van der Waals surface area (Å²) in [5.74, 6) is 0.460. The van der Waals surface area contributed by atoms with Crippen molar-refractivity contribution in [3.63, 3.8) is 0 Å². The van der Waals surface area contributed by atoms with Gasteiger partial charge in [-0.25, -0.2) is 9.59 Å². The number of nitrogens with zero attached hydrogens (tertiary/aromatic N) is 4. The number of carbonyl (C=O) groups is 2. The molecular formula is C36H35BBrCl2N4O8S2. The molecular weight excluding hydrogens is 842 g/mol. The molecule has 6 rings (SSSR count). The van der Waals surface area contributed by atoms with E-state index in [9.17, 15) is 28.8 Å². The summed E-state index contributed by atoms with van der Waals surface area (Å²) in [4.78, 5) is 74.4. The zero-order valence-electron chi connectivity index (χ0n) is 30.1. The highest BCUT2D eigenvalue weighted by atomic mass is 79.9. The van der Waals surface area contributed by atoms with Crippen molar-refractivity contribution in [1.82, 2.24) is 18.3 Å². The topological polar surface area (TPSA) is 152 Å². The minimum atomic E-state index is -0.400. The molecule has 0 aliphatic heterocycles. The van der Waals surface area contributed by atoms with Crippen molar-refractivity contribution in [2.45, 2.75) is 53.6 Å². The van der Waals surface area contributed by atoms with E-state index in [0.717, 1.165) is 34.5 Å². The zero-order chi connectivity index (χ0) is 40.0. The molecule has 18 heteroatoms. The average molecular weight is 877 g/mol. The Bertz CT molecular complexity index is 2590. The number of Topliss-reactive ketones (excluding diaryl/α,β-unsaturated/α-hetero) is 2. The van der Waals surface area contributed by atoms with Crippen molar-refractivity contribution in [1.29, 1.82) is 0 Å². The average Bonchev–Trinajstić information content (AvgIpc) is 3.63. The van der Waals surface area contributed by atoms with Gasteiger partial charge < -0.3 is 9.68 Å². The van der Waals surface area contributed by atoms with Gasteiger partial charge in [0.25, 0.3) is 11.1 Å². The molecule has 54 heavy (non-hydrogen) atoms. The lowest BCUT2D eigenvalue weighted by molar-refractivity contribution is -0.118. The summed E-state index contributed by atoms with van der Waals surface area (Å²) < 4.78 is 10.7. The molecule has 0 amide bonds. The summed E-state index contributed by atoms with van der Waals surface area (Å²) >= 11 is 17.7. The summed E-state index contributed by atoms with van der Waals surface area (Å²) in [5.41, 5.74) is 1.17. The first-order valence-electron chi connectivity index (χ1n) is 16.2. The summed E-state index contributed by atoms with van der Waals surface area (Å²) in [5, 5.41) is 10.6. The van der Waals surface area contributed by atoms with E-state index in [1.54, 1.807) is 50.5 Å². The molecule has 0 bridgehead atoms. The molecule has 0 aliphatic rings. The van der Waals surface area contributed by atoms with Crippen LogP contribution in [0.15, 0.2) is 71.5 Å². The van der Waals surface area contributed by atoms with Gasteiger partial charge in [0.15, 0.2) is 0 Å². The Labute approximate surface area is 336 Å². The van der Waals surface area contributed by atoms with Crippen molar-refractivity contribution >= 4 is 101 Å². The van der Waals surface area contributed by atoms with Crippen molar-refractivity contribution in [2.75, 3.05) is 0 Å². The Morgan fingerprint density at radius 2 is 1.17 bits per heavy atom. The maximum atomic E-state index is 12.9. The fourth-order valence-electron chi connectivity index (χ4n) is 5.31. The number of rotatable bonds is 9. The van der Waals surface area contributed by atoms with Crippen LogP contribution in [0.25, 0.3) is 30.9 Å². The third-order valence-corrected chi connectivity index (χ3v) is 12.4. The van der Waals surface area contributed by atoms with E-state index in [-0.39, 0.29) is 54.3 Å². The lowest BCUT2D eigenvalue weighted by Gasteiger charge is -2.07. The molecule has 0 spiro atoms. The van der Waals surface area contributed by atoms with Crippen LogP contribution in [-0.2, 0) is 36.8 Å². The van der Waals surface area contributed by atoms with Gasteiger partial charge in [-0.05, 0) is 96.7 Å². The number of halogens is 3. The molecule has 4 heterocycles. The molecule has 283 valence electrons. The highest BCUT2D eigenvalue weighted by Crippen LogP contribution is 2.36. The molecule has 4 aromatic heterocycles. The highest BCUT2D eigenvalue weighted by Gasteiger charge is 2.20. The Kier molecular flexibility index (Phi) is 14.6. The smallest absolute Gasteiger partial charge is 0.537 e. The summed E-state index contributed by atoms with van der Waals surface area (Å²) in [6.07, 6.45) is 0.346. The van der Waals surface area contributed by atoms with Crippen molar-refractivity contribution in [3.05, 3.63) is 115 Å². The number of benzene rings is 2. The summed E-state index contributed by atoms with van der Waals surface area (Å²) in [7, 11) is 3.91. The number of thiophene rings is 2. The van der Waals surface area contributed by atoms with Crippen LogP contribution in [0.3, 0.4) is 0 Å². The number of aromatic nitrogens is 4. The van der Waals surface area contributed by atoms with Gasteiger partial charge in [0.1, 0.15) is 27.0 Å². The fourth-order valence-corrected chi connectivity index (χ4v) is 8.46. The first-order valence-corrected chi connectivity index (χ1v) is 19.4. The van der Waals surface area contributed by atoms with Gasteiger partial charge in [-0.15, -0.1) is 22.7 Å². The molecule has 1 N–H and O–H groups in total. The van der Waals surface area contributed by atoms with E-state index in [1.807, 2.05) is 26.0 Å². The van der Waals surface area contributed by atoms with Crippen LogP contribution in [0.5, 0.6) is 5.75 Å². The SMILES string of the molecule is CC(=O)CCn1c(=O)c2c(C)c(-c3ccc(Cl)cc3)sc2n(C)c1=O.CC(=O)CCn1c(=O)c2c(C)c(Br)sc2n(C)c1=O.O[B]Oc1ccc(Cl)cc1. The molecule has 0 fully saturated rings. The van der Waals surface area contributed by atoms with E-state index in [4.69, 9.17) is 28.2 Å². The van der Waals surface area contributed by atoms with Crippen LogP contribution >= 0.6 is 61.8 Å². The number of aryl methyl sites for hydroxylation is 4. The van der Waals surface area contributed by atoms with Crippen molar-refractivity contribution in [3.8, 4) is 16.2 Å². The van der Waals surface area contributed by atoms with Crippen molar-refractivity contribution in [2.24, 2.45) is 14.1 Å². The maximum absolute atomic E-state index is 12.9. The minimum Gasteiger partial charge on any atom is -0.537 e. The van der Waals surface area contributed by atoms with E-state index >= 15 is 0 Å². The third kappa shape index (κ3) is 9.59. The van der Waals surface area contributed by atoms with Crippen LogP contribution in [0.4, 0.5) is 0 Å². The van der Waals surface area contributed by atoms with Gasteiger partial charge in [0.05, 0.1) is 14.6 Å². The molecule has 0 aliphatic carbocycles. The molecule has 0 unspecified atom stereocenters. The first kappa shape index (κ1) is 42.7. The molecule has 12 nitrogen and oxygen atoms in total. The Morgan fingerprint density at radius 1 is 0.741 bits per heavy atom. The van der Waals surface area contributed by atoms with Crippen LogP contribution in [0, 0.1) is 13.8 Å². The lowest BCUT2D eigenvalue weighted by atomic mass is 10.1. The van der Waals surface area contributed by atoms with Crippen LogP contribution < -0.4 is 27.2 Å². The summed E-state index contributed by atoms with van der Waals surface area (Å²) in [6.45, 7) is 6.84. The van der Waals surface area contributed by atoms with Gasteiger partial charge in [-0.2, -0.15) is 0 Å². The van der Waals surface area contributed by atoms with Gasteiger partial charge in [0, 0.05) is 54.9 Å². The predicted octanol–water partition coefficient (Wildman–Crippen LogP) is 6.43. The Morgan fingerprint density at radius 3 is 1.61 bits per heavy atom. The first-order chi connectivity index (χ1) is 25.5. The van der Waals surface area contributed by atoms with Crippen molar-refractivity contribution < 1.29 is 19.3 Å². The largest absolute Gasteiger partial charge is 0.569 e. The second-order valence-corrected chi connectivity index (χ2v) is 16.3. The van der Waals surface area contributed by atoms with Crippen LogP contribution in [0.1, 0.15) is 37.8 Å². The van der Waals surface area contributed by atoms with Gasteiger partial charge in [-0.3, -0.25) is 37.4 Å². The molecule has 6 aromatic rings. The molecule has 0 saturated heterocycles. The molecule has 0 atom stereocenters. The standard InChI is InChI=1S/C18H17ClN2O3S.C12H13BrN2O3S.C6H5BClO2/c1-10(22)8-9-21-16(23)14-11(2)15(12-4-6-13(19)7-5-12)25-17(14)20(3)18(21)24;1-6(16)4-5-15-10(17)8-7(2)9(13)19-11(8)14(3)12(15)18;8-5-1-3-6(4-2-5)10-7-9/h4-7H,8-9H2,1-3H3;4-5H2,1-3H3;1-4,9H. The third-order valence-electron chi connectivity index (χ3n) is 8.24. The maximum Gasteiger partial charge on any atom is 0.569 e. The quantitative estimate of drug-likeness (QED) is 0.163. The number of hydrogen-bond donors (Lipinski definition) is 1.